The van der Waals surface area contributed by atoms with Gasteiger partial charge in [-0.25, -0.2) is 9.79 Å². The van der Waals surface area contributed by atoms with E-state index in [9.17, 15) is 9.59 Å². The van der Waals surface area contributed by atoms with Gasteiger partial charge in [-0.2, -0.15) is 0 Å². The molecular weight excluding hydrogens is 372 g/mol. The Morgan fingerprint density at radius 2 is 1.75 bits per heavy atom. The summed E-state index contributed by atoms with van der Waals surface area (Å²) < 4.78 is 5.59. The molecule has 142 valence electrons. The highest BCUT2D eigenvalue weighted by atomic mass is 32.2. The van der Waals surface area contributed by atoms with Crippen LogP contribution in [0.3, 0.4) is 0 Å². The molecule has 2 aromatic carbocycles. The number of hydrogen-bond donors (Lipinski definition) is 0. The summed E-state index contributed by atoms with van der Waals surface area (Å²) in [5, 5.41) is 0.418. The van der Waals surface area contributed by atoms with Gasteiger partial charge in [0.25, 0.3) is 0 Å². The van der Waals surface area contributed by atoms with Gasteiger partial charge < -0.3 is 4.74 Å². The van der Waals surface area contributed by atoms with Crippen LogP contribution in [0.4, 0.5) is 0 Å². The lowest BCUT2D eigenvalue weighted by molar-refractivity contribution is -0.141. The van der Waals surface area contributed by atoms with Crippen molar-refractivity contribution in [1.82, 2.24) is 4.90 Å². The van der Waals surface area contributed by atoms with Crippen LogP contribution in [0.2, 0.25) is 0 Å². The van der Waals surface area contributed by atoms with Crippen LogP contribution in [0.5, 0.6) is 0 Å². The highest BCUT2D eigenvalue weighted by molar-refractivity contribution is 8.15. The normalized spacial score (nSPS) is 21.4. The quantitative estimate of drug-likeness (QED) is 0.736. The minimum Gasteiger partial charge on any atom is -0.457 e. The first-order valence-corrected chi connectivity index (χ1v) is 9.99. The van der Waals surface area contributed by atoms with Crippen LogP contribution in [0, 0.1) is 0 Å². The molecule has 2 aromatic rings. The number of amides is 1. The number of aliphatic imine (C=N–C) groups is 1. The van der Waals surface area contributed by atoms with Gasteiger partial charge in [-0.3, -0.25) is 9.69 Å². The van der Waals surface area contributed by atoms with Crippen molar-refractivity contribution < 1.29 is 14.3 Å². The molecule has 1 amide bonds. The number of amidine groups is 1. The number of benzene rings is 2. The van der Waals surface area contributed by atoms with E-state index in [4.69, 9.17) is 4.74 Å². The van der Waals surface area contributed by atoms with Crippen LogP contribution >= 0.6 is 11.8 Å². The molecule has 28 heavy (non-hydrogen) atoms. The van der Waals surface area contributed by atoms with E-state index in [1.165, 1.54) is 11.8 Å². The van der Waals surface area contributed by atoms with Crippen molar-refractivity contribution in [2.24, 2.45) is 4.99 Å². The number of hydrogen-bond acceptors (Lipinski definition) is 5. The van der Waals surface area contributed by atoms with Crippen molar-refractivity contribution in [1.29, 1.82) is 0 Å². The Kier molecular flexibility index (Phi) is 5.05. The van der Waals surface area contributed by atoms with E-state index in [-0.39, 0.29) is 17.8 Å². The summed E-state index contributed by atoms with van der Waals surface area (Å²) in [6.45, 7) is 3.83. The van der Waals surface area contributed by atoms with Gasteiger partial charge in [0.2, 0.25) is 5.91 Å². The lowest BCUT2D eigenvalue weighted by Crippen LogP contribution is -2.40. The average Bonchev–Trinajstić information content (AvgIpc) is 3.00. The van der Waals surface area contributed by atoms with Crippen molar-refractivity contribution in [3.8, 4) is 0 Å². The first-order valence-electron chi connectivity index (χ1n) is 9.11. The summed E-state index contributed by atoms with van der Waals surface area (Å²) in [4.78, 5) is 32.1. The topological polar surface area (TPSA) is 59.0 Å². The van der Waals surface area contributed by atoms with Gasteiger partial charge in [0.1, 0.15) is 6.61 Å². The summed E-state index contributed by atoms with van der Waals surface area (Å²) >= 11 is 1.42. The van der Waals surface area contributed by atoms with Gasteiger partial charge in [0.05, 0.1) is 22.6 Å². The van der Waals surface area contributed by atoms with Crippen LogP contribution in [0.25, 0.3) is 0 Å². The van der Waals surface area contributed by atoms with Crippen LogP contribution in [-0.4, -0.2) is 27.2 Å². The fourth-order valence-corrected chi connectivity index (χ4v) is 4.44. The molecule has 2 aliphatic rings. The third kappa shape index (κ3) is 3.36. The summed E-state index contributed by atoms with van der Waals surface area (Å²) in [6, 6.07) is 18.6. The summed E-state index contributed by atoms with van der Waals surface area (Å²) in [5.74, 6) is -0.492. The Hall–Kier alpha value is -2.86. The zero-order valence-corrected chi connectivity index (χ0v) is 16.5. The van der Waals surface area contributed by atoms with E-state index in [2.05, 4.69) is 4.99 Å². The second-order valence-corrected chi connectivity index (χ2v) is 8.04. The highest BCUT2D eigenvalue weighted by Gasteiger charge is 2.46. The predicted molar refractivity (Wildman–Crippen MR) is 109 cm³/mol. The summed E-state index contributed by atoms with van der Waals surface area (Å²) in [6.07, 6.45) is 0. The maximum atomic E-state index is 13.0. The summed E-state index contributed by atoms with van der Waals surface area (Å²) in [5.41, 5.74) is 2.78. The number of carbonyl (C=O) groups excluding carboxylic acids is 2. The SMILES string of the molecule is CC1=C(C(=O)OCc2ccccc2)[C@@H](c2ccccc2)N2C(=O)[C@H](C)SC2=N1. The maximum absolute atomic E-state index is 13.0. The third-order valence-electron chi connectivity index (χ3n) is 4.81. The molecular formula is C22H20N2O3S. The Bertz CT molecular complexity index is 970. The van der Waals surface area contributed by atoms with Crippen LogP contribution in [0.15, 0.2) is 76.9 Å². The van der Waals surface area contributed by atoms with Gasteiger partial charge in [-0.15, -0.1) is 0 Å². The Balaban J connectivity index is 1.70. The van der Waals surface area contributed by atoms with E-state index in [0.717, 1.165) is 11.1 Å². The van der Waals surface area contributed by atoms with Crippen molar-refractivity contribution in [3.05, 3.63) is 83.1 Å². The third-order valence-corrected chi connectivity index (χ3v) is 5.86. The van der Waals surface area contributed by atoms with E-state index < -0.39 is 12.0 Å². The maximum Gasteiger partial charge on any atom is 0.338 e. The molecule has 6 heteroatoms. The van der Waals surface area contributed by atoms with Crippen molar-refractivity contribution in [2.75, 3.05) is 0 Å². The van der Waals surface area contributed by atoms with Gasteiger partial charge in [0.15, 0.2) is 5.17 Å². The molecule has 0 radical (unpaired) electrons. The lowest BCUT2D eigenvalue weighted by atomic mass is 9.94. The Morgan fingerprint density at radius 1 is 1.11 bits per heavy atom. The van der Waals surface area contributed by atoms with E-state index in [1.807, 2.05) is 67.6 Å². The Labute approximate surface area is 168 Å². The predicted octanol–water partition coefficient (Wildman–Crippen LogP) is 4.08. The number of ether oxygens (including phenoxy) is 1. The fourth-order valence-electron chi connectivity index (χ4n) is 3.42. The molecule has 0 unspecified atom stereocenters. The second-order valence-electron chi connectivity index (χ2n) is 6.74. The summed E-state index contributed by atoms with van der Waals surface area (Å²) in [7, 11) is 0. The highest BCUT2D eigenvalue weighted by Crippen LogP contribution is 2.43. The number of nitrogens with zero attached hydrogens (tertiary/aromatic N) is 2. The van der Waals surface area contributed by atoms with Crippen molar-refractivity contribution in [3.63, 3.8) is 0 Å². The van der Waals surface area contributed by atoms with Crippen LogP contribution in [0.1, 0.15) is 31.0 Å². The smallest absolute Gasteiger partial charge is 0.338 e. The number of thioether (sulfide) groups is 1. The largest absolute Gasteiger partial charge is 0.457 e. The molecule has 5 nitrogen and oxygen atoms in total. The van der Waals surface area contributed by atoms with E-state index >= 15 is 0 Å². The number of carbonyl (C=O) groups is 2. The molecule has 0 aromatic heterocycles. The number of allylic oxidation sites excluding steroid dienone is 1. The molecule has 0 bridgehead atoms. The van der Waals surface area contributed by atoms with E-state index in [1.54, 1.807) is 11.8 Å². The average molecular weight is 392 g/mol. The molecule has 2 atom stereocenters. The lowest BCUT2D eigenvalue weighted by Gasteiger charge is -2.33. The van der Waals surface area contributed by atoms with Crippen LogP contribution < -0.4 is 0 Å². The van der Waals surface area contributed by atoms with Gasteiger partial charge in [-0.1, -0.05) is 72.4 Å². The molecule has 4 rings (SSSR count). The fraction of sp³-hybridized carbons (Fsp3) is 0.227. The zero-order chi connectivity index (χ0) is 19.7. The minimum atomic E-state index is -0.526. The Morgan fingerprint density at radius 3 is 2.43 bits per heavy atom. The second kappa shape index (κ2) is 7.64. The van der Waals surface area contributed by atoms with Crippen LogP contribution in [-0.2, 0) is 20.9 Å². The molecule has 2 heterocycles. The van der Waals surface area contributed by atoms with Gasteiger partial charge in [0, 0.05) is 0 Å². The molecule has 1 saturated heterocycles. The number of esters is 1. The van der Waals surface area contributed by atoms with Crippen molar-refractivity contribution >= 4 is 28.8 Å². The number of rotatable bonds is 4. The van der Waals surface area contributed by atoms with Gasteiger partial charge in [-0.05, 0) is 25.0 Å². The first kappa shape index (κ1) is 18.5. The molecule has 0 spiro atoms. The monoisotopic (exact) mass is 392 g/mol. The molecule has 0 aliphatic carbocycles. The minimum absolute atomic E-state index is 0.0431. The first-order chi connectivity index (χ1) is 13.6. The molecule has 2 aliphatic heterocycles. The molecule has 0 saturated carbocycles. The molecule has 0 N–H and O–H groups in total. The van der Waals surface area contributed by atoms with Crippen molar-refractivity contribution in [2.45, 2.75) is 31.7 Å². The molecule has 1 fully saturated rings. The van der Waals surface area contributed by atoms with Gasteiger partial charge >= 0.3 is 5.97 Å². The zero-order valence-electron chi connectivity index (χ0n) is 15.7. The van der Waals surface area contributed by atoms with E-state index in [0.29, 0.717) is 16.4 Å². The standard InChI is InChI=1S/C22H20N2O3S/c1-14-18(21(26)27-13-16-9-5-3-6-10-16)19(17-11-7-4-8-12-17)24-20(25)15(2)28-22(24)23-14/h3-12,15,19H,13H2,1-2H3/t15-,19+/m0/s1. The number of fused-ring (bicyclic) bond motifs is 1.